The molecular formula is C21H24ClN3O2. The number of amides is 3. The lowest BCUT2D eigenvalue weighted by Crippen LogP contribution is -2.60. The highest BCUT2D eigenvalue weighted by Crippen LogP contribution is 2.29. The first-order valence-corrected chi connectivity index (χ1v) is 9.62. The van der Waals surface area contributed by atoms with E-state index in [9.17, 15) is 9.59 Å². The second-order valence-corrected chi connectivity index (χ2v) is 7.34. The van der Waals surface area contributed by atoms with E-state index in [0.29, 0.717) is 30.1 Å². The van der Waals surface area contributed by atoms with Crippen LogP contribution >= 0.6 is 11.6 Å². The maximum atomic E-state index is 13.0. The van der Waals surface area contributed by atoms with Crippen LogP contribution in [0.4, 0.5) is 10.5 Å². The van der Waals surface area contributed by atoms with Crippen molar-refractivity contribution in [2.24, 2.45) is 0 Å². The fraction of sp³-hybridized carbons (Fsp3) is 0.333. The van der Waals surface area contributed by atoms with Crippen molar-refractivity contribution in [2.75, 3.05) is 5.32 Å². The number of urea groups is 1. The first-order valence-electron chi connectivity index (χ1n) is 9.24. The molecule has 2 aromatic carbocycles. The molecule has 2 aromatic rings. The Morgan fingerprint density at radius 2 is 1.70 bits per heavy atom. The van der Waals surface area contributed by atoms with Gasteiger partial charge in [-0.1, -0.05) is 67.3 Å². The molecule has 0 saturated heterocycles. The van der Waals surface area contributed by atoms with E-state index in [1.807, 2.05) is 30.3 Å². The Labute approximate surface area is 164 Å². The van der Waals surface area contributed by atoms with Crippen molar-refractivity contribution in [3.8, 4) is 0 Å². The van der Waals surface area contributed by atoms with Gasteiger partial charge in [0.25, 0.3) is 0 Å². The van der Waals surface area contributed by atoms with E-state index in [1.165, 1.54) is 0 Å². The minimum atomic E-state index is -0.879. The first kappa shape index (κ1) is 19.2. The zero-order chi connectivity index (χ0) is 19.1. The summed E-state index contributed by atoms with van der Waals surface area (Å²) in [7, 11) is 0. The molecule has 0 unspecified atom stereocenters. The molecule has 3 amide bonds. The molecule has 1 aliphatic carbocycles. The highest BCUT2D eigenvalue weighted by atomic mass is 35.5. The molecule has 1 fully saturated rings. The van der Waals surface area contributed by atoms with Gasteiger partial charge in [-0.2, -0.15) is 0 Å². The van der Waals surface area contributed by atoms with E-state index in [4.69, 9.17) is 11.6 Å². The van der Waals surface area contributed by atoms with Gasteiger partial charge in [-0.05, 0) is 36.6 Å². The molecule has 0 aliphatic heterocycles. The molecule has 3 rings (SSSR count). The number of hydrogen-bond donors (Lipinski definition) is 3. The summed E-state index contributed by atoms with van der Waals surface area (Å²) in [5.74, 6) is -0.132. The summed E-state index contributed by atoms with van der Waals surface area (Å²) in [6.07, 6.45) is 4.17. The molecule has 142 valence electrons. The second kappa shape index (κ2) is 8.91. The third kappa shape index (κ3) is 5.23. The number of carbonyl (C=O) groups is 2. The molecule has 5 nitrogen and oxygen atoms in total. The second-order valence-electron chi connectivity index (χ2n) is 6.90. The monoisotopic (exact) mass is 385 g/mol. The van der Waals surface area contributed by atoms with Crippen LogP contribution in [0.15, 0.2) is 54.6 Å². The molecule has 0 heterocycles. The molecule has 6 heteroatoms. The quantitative estimate of drug-likeness (QED) is 0.710. The van der Waals surface area contributed by atoms with Crippen LogP contribution in [-0.4, -0.2) is 17.5 Å². The maximum absolute atomic E-state index is 13.0. The van der Waals surface area contributed by atoms with E-state index >= 15 is 0 Å². The van der Waals surface area contributed by atoms with E-state index in [0.717, 1.165) is 24.8 Å². The minimum absolute atomic E-state index is 0.132. The Morgan fingerprint density at radius 3 is 2.41 bits per heavy atom. The Hall–Kier alpha value is -2.53. The summed E-state index contributed by atoms with van der Waals surface area (Å²) < 4.78 is 0. The maximum Gasteiger partial charge on any atom is 0.320 e. The van der Waals surface area contributed by atoms with Crippen molar-refractivity contribution >= 4 is 29.2 Å². The van der Waals surface area contributed by atoms with Gasteiger partial charge in [-0.3, -0.25) is 4.79 Å². The number of benzene rings is 2. The average Bonchev–Trinajstić information content (AvgIpc) is 2.67. The predicted octanol–water partition coefficient (Wildman–Crippen LogP) is 4.48. The van der Waals surface area contributed by atoms with Crippen molar-refractivity contribution in [3.05, 3.63) is 65.2 Å². The van der Waals surface area contributed by atoms with Gasteiger partial charge in [0.2, 0.25) is 5.91 Å². The fourth-order valence-corrected chi connectivity index (χ4v) is 3.65. The summed E-state index contributed by atoms with van der Waals surface area (Å²) in [4.78, 5) is 25.5. The topological polar surface area (TPSA) is 70.2 Å². The lowest BCUT2D eigenvalue weighted by atomic mass is 9.81. The third-order valence-corrected chi connectivity index (χ3v) is 5.11. The third-order valence-electron chi connectivity index (χ3n) is 4.87. The van der Waals surface area contributed by atoms with Crippen LogP contribution in [-0.2, 0) is 11.3 Å². The van der Waals surface area contributed by atoms with Gasteiger partial charge in [0, 0.05) is 17.3 Å². The predicted molar refractivity (Wildman–Crippen MR) is 108 cm³/mol. The van der Waals surface area contributed by atoms with E-state index in [-0.39, 0.29) is 5.91 Å². The highest BCUT2D eigenvalue weighted by molar-refractivity contribution is 6.30. The van der Waals surface area contributed by atoms with Crippen LogP contribution in [0.25, 0.3) is 0 Å². The summed E-state index contributed by atoms with van der Waals surface area (Å²) >= 11 is 5.96. The van der Waals surface area contributed by atoms with Gasteiger partial charge in [0.1, 0.15) is 5.54 Å². The van der Waals surface area contributed by atoms with Gasteiger partial charge in [0.05, 0.1) is 0 Å². The van der Waals surface area contributed by atoms with Crippen molar-refractivity contribution in [1.82, 2.24) is 10.6 Å². The molecule has 1 saturated carbocycles. The van der Waals surface area contributed by atoms with Crippen LogP contribution in [0.3, 0.4) is 0 Å². The van der Waals surface area contributed by atoms with Crippen LogP contribution in [0.2, 0.25) is 5.02 Å². The normalized spacial score (nSPS) is 15.6. The summed E-state index contributed by atoms with van der Waals surface area (Å²) in [6, 6.07) is 16.3. The van der Waals surface area contributed by atoms with Gasteiger partial charge >= 0.3 is 6.03 Å². The van der Waals surface area contributed by atoms with Crippen molar-refractivity contribution in [2.45, 2.75) is 44.2 Å². The Morgan fingerprint density at radius 1 is 0.963 bits per heavy atom. The van der Waals surface area contributed by atoms with Crippen molar-refractivity contribution in [1.29, 1.82) is 0 Å². The number of nitrogens with one attached hydrogen (secondary N) is 3. The lowest BCUT2D eigenvalue weighted by Gasteiger charge is -2.36. The Bertz CT molecular complexity index is 789. The largest absolute Gasteiger partial charge is 0.350 e. The van der Waals surface area contributed by atoms with E-state index in [2.05, 4.69) is 16.0 Å². The molecule has 3 N–H and O–H groups in total. The SMILES string of the molecule is O=C(Nc1cccc(Cl)c1)NC1(C(=O)NCc2ccccc2)CCCCC1. The van der Waals surface area contributed by atoms with Crippen LogP contribution in [0, 0.1) is 0 Å². The summed E-state index contributed by atoms with van der Waals surface area (Å²) in [5.41, 5.74) is 0.742. The number of anilines is 1. The smallest absolute Gasteiger partial charge is 0.320 e. The molecule has 0 radical (unpaired) electrons. The van der Waals surface area contributed by atoms with Gasteiger partial charge in [-0.25, -0.2) is 4.79 Å². The van der Waals surface area contributed by atoms with Gasteiger partial charge in [0.15, 0.2) is 0 Å². The zero-order valence-corrected chi connectivity index (χ0v) is 15.9. The number of carbonyl (C=O) groups excluding carboxylic acids is 2. The first-order chi connectivity index (χ1) is 13.1. The van der Waals surface area contributed by atoms with E-state index in [1.54, 1.807) is 24.3 Å². The van der Waals surface area contributed by atoms with Crippen LogP contribution < -0.4 is 16.0 Å². The number of halogens is 1. The van der Waals surface area contributed by atoms with Crippen LogP contribution in [0.5, 0.6) is 0 Å². The molecule has 0 spiro atoms. The van der Waals surface area contributed by atoms with Gasteiger partial charge < -0.3 is 16.0 Å². The molecule has 27 heavy (non-hydrogen) atoms. The van der Waals surface area contributed by atoms with Crippen molar-refractivity contribution in [3.63, 3.8) is 0 Å². The molecule has 0 aromatic heterocycles. The van der Waals surface area contributed by atoms with Gasteiger partial charge in [-0.15, -0.1) is 0 Å². The summed E-state index contributed by atoms with van der Waals surface area (Å²) in [5, 5.41) is 9.23. The molecular weight excluding hydrogens is 362 g/mol. The fourth-order valence-electron chi connectivity index (χ4n) is 3.46. The standard InChI is InChI=1S/C21H24ClN3O2/c22-17-10-7-11-18(14-17)24-20(27)25-21(12-5-2-6-13-21)19(26)23-15-16-8-3-1-4-9-16/h1,3-4,7-11,14H,2,5-6,12-13,15H2,(H,23,26)(H2,24,25,27). The van der Waals surface area contributed by atoms with Crippen molar-refractivity contribution < 1.29 is 9.59 Å². The zero-order valence-electron chi connectivity index (χ0n) is 15.1. The highest BCUT2D eigenvalue weighted by Gasteiger charge is 2.40. The summed E-state index contributed by atoms with van der Waals surface area (Å²) in [6.45, 7) is 0.443. The average molecular weight is 386 g/mol. The molecule has 1 aliphatic rings. The number of rotatable bonds is 5. The number of hydrogen-bond acceptors (Lipinski definition) is 2. The molecule has 0 atom stereocenters. The Kier molecular flexibility index (Phi) is 6.35. The van der Waals surface area contributed by atoms with E-state index < -0.39 is 11.6 Å². The lowest BCUT2D eigenvalue weighted by molar-refractivity contribution is -0.128. The van der Waals surface area contributed by atoms with Crippen LogP contribution in [0.1, 0.15) is 37.7 Å². The minimum Gasteiger partial charge on any atom is -0.350 e. The Balaban J connectivity index is 1.66. The molecule has 0 bridgehead atoms.